The SMILES string of the molecule is C#CCn1c(=NC(=O)c2cc(Cl)ccc2Cl)sc2cc([N+](=O)[O-])ccc21. The second-order valence-electron chi connectivity index (χ2n) is 5.13. The van der Waals surface area contributed by atoms with Crippen molar-refractivity contribution >= 4 is 56.3 Å². The van der Waals surface area contributed by atoms with Gasteiger partial charge >= 0.3 is 0 Å². The van der Waals surface area contributed by atoms with Gasteiger partial charge in [-0.15, -0.1) is 6.42 Å². The first-order chi connectivity index (χ1) is 12.4. The Morgan fingerprint density at radius 3 is 2.77 bits per heavy atom. The van der Waals surface area contributed by atoms with Crippen LogP contribution < -0.4 is 4.80 Å². The van der Waals surface area contributed by atoms with Gasteiger partial charge in [-0.2, -0.15) is 4.99 Å². The summed E-state index contributed by atoms with van der Waals surface area (Å²) in [4.78, 5) is 27.4. The van der Waals surface area contributed by atoms with E-state index in [1.165, 1.54) is 24.3 Å². The molecule has 0 N–H and O–H groups in total. The fourth-order valence-electron chi connectivity index (χ4n) is 2.31. The Labute approximate surface area is 161 Å². The summed E-state index contributed by atoms with van der Waals surface area (Å²) < 4.78 is 2.23. The standard InChI is InChI=1S/C17H9Cl2N3O3S/c1-2-7-21-14-6-4-11(22(24)25)9-15(14)26-17(21)20-16(23)12-8-10(18)3-5-13(12)19/h1,3-6,8-9H,7H2. The molecule has 1 aromatic heterocycles. The van der Waals surface area contributed by atoms with Crippen LogP contribution in [0.15, 0.2) is 41.4 Å². The molecule has 1 heterocycles. The highest BCUT2D eigenvalue weighted by molar-refractivity contribution is 7.16. The molecule has 0 atom stereocenters. The number of carbonyl (C=O) groups is 1. The van der Waals surface area contributed by atoms with Crippen LogP contribution in [0.25, 0.3) is 10.2 Å². The number of carbonyl (C=O) groups excluding carboxylic acids is 1. The second kappa shape index (κ2) is 7.30. The summed E-state index contributed by atoms with van der Waals surface area (Å²) in [5.74, 6) is 1.91. The molecule has 0 aliphatic heterocycles. The molecule has 2 aromatic carbocycles. The molecule has 6 nitrogen and oxygen atoms in total. The van der Waals surface area contributed by atoms with Gasteiger partial charge in [0.25, 0.3) is 11.6 Å². The molecule has 9 heteroatoms. The minimum atomic E-state index is -0.579. The number of hydrogen-bond donors (Lipinski definition) is 0. The van der Waals surface area contributed by atoms with Gasteiger partial charge in [0.2, 0.25) is 0 Å². The maximum Gasteiger partial charge on any atom is 0.281 e. The third kappa shape index (κ3) is 3.48. The number of nitrogens with zero attached hydrogens (tertiary/aromatic N) is 3. The molecule has 0 fully saturated rings. The first-order valence-electron chi connectivity index (χ1n) is 7.16. The van der Waals surface area contributed by atoms with Gasteiger partial charge in [-0.1, -0.05) is 40.5 Å². The van der Waals surface area contributed by atoms with E-state index in [4.69, 9.17) is 29.6 Å². The van der Waals surface area contributed by atoms with Crippen molar-refractivity contribution in [1.29, 1.82) is 0 Å². The quantitative estimate of drug-likeness (QED) is 0.370. The topological polar surface area (TPSA) is 77.5 Å². The van der Waals surface area contributed by atoms with E-state index in [0.29, 0.717) is 20.0 Å². The number of amides is 1. The van der Waals surface area contributed by atoms with Crippen molar-refractivity contribution in [1.82, 2.24) is 4.57 Å². The van der Waals surface area contributed by atoms with Crippen LogP contribution in [0.5, 0.6) is 0 Å². The van der Waals surface area contributed by atoms with Crippen LogP contribution in [0, 0.1) is 22.5 Å². The van der Waals surface area contributed by atoms with Crippen LogP contribution in [-0.4, -0.2) is 15.4 Å². The summed E-state index contributed by atoms with van der Waals surface area (Å²) in [6.07, 6.45) is 5.40. The number of nitro benzene ring substituents is 1. The lowest BCUT2D eigenvalue weighted by atomic mass is 10.2. The molecule has 3 rings (SSSR count). The molecular formula is C17H9Cl2N3O3S. The van der Waals surface area contributed by atoms with E-state index in [2.05, 4.69) is 10.9 Å². The molecule has 1 amide bonds. The fraction of sp³-hybridized carbons (Fsp3) is 0.0588. The molecule has 0 saturated carbocycles. The minimum absolute atomic E-state index is 0.0534. The van der Waals surface area contributed by atoms with Gasteiger partial charge in [0, 0.05) is 17.2 Å². The fourth-order valence-corrected chi connectivity index (χ4v) is 3.74. The van der Waals surface area contributed by atoms with Crippen LogP contribution in [0.2, 0.25) is 10.0 Å². The molecule has 0 saturated heterocycles. The lowest BCUT2D eigenvalue weighted by molar-refractivity contribution is -0.384. The molecule has 26 heavy (non-hydrogen) atoms. The van der Waals surface area contributed by atoms with Gasteiger partial charge < -0.3 is 4.57 Å². The van der Waals surface area contributed by atoms with Gasteiger partial charge in [-0.25, -0.2) is 0 Å². The Morgan fingerprint density at radius 1 is 1.31 bits per heavy atom. The van der Waals surface area contributed by atoms with E-state index < -0.39 is 10.8 Å². The number of nitro groups is 1. The molecule has 0 aliphatic rings. The second-order valence-corrected chi connectivity index (χ2v) is 6.98. The first-order valence-corrected chi connectivity index (χ1v) is 8.73. The Kier molecular flexibility index (Phi) is 5.09. The first kappa shape index (κ1) is 18.1. The smallest absolute Gasteiger partial charge is 0.281 e. The van der Waals surface area contributed by atoms with Gasteiger partial charge in [0.05, 0.1) is 32.3 Å². The lowest BCUT2D eigenvalue weighted by Gasteiger charge is -2.01. The van der Waals surface area contributed by atoms with E-state index in [1.807, 2.05) is 0 Å². The number of halogens is 2. The normalized spacial score (nSPS) is 11.5. The zero-order valence-electron chi connectivity index (χ0n) is 13.0. The van der Waals surface area contributed by atoms with Crippen molar-refractivity contribution < 1.29 is 9.72 Å². The van der Waals surface area contributed by atoms with Crippen LogP contribution >= 0.6 is 34.5 Å². The van der Waals surface area contributed by atoms with E-state index >= 15 is 0 Å². The van der Waals surface area contributed by atoms with Crippen molar-refractivity contribution in [3.8, 4) is 12.3 Å². The number of aromatic nitrogens is 1. The highest BCUT2D eigenvalue weighted by Gasteiger charge is 2.14. The monoisotopic (exact) mass is 405 g/mol. The van der Waals surface area contributed by atoms with Gasteiger partial charge in [-0.3, -0.25) is 14.9 Å². The zero-order valence-corrected chi connectivity index (χ0v) is 15.3. The van der Waals surface area contributed by atoms with Gasteiger partial charge in [0.1, 0.15) is 0 Å². The highest BCUT2D eigenvalue weighted by Crippen LogP contribution is 2.24. The van der Waals surface area contributed by atoms with Crippen molar-refractivity contribution in [3.63, 3.8) is 0 Å². The molecule has 3 aromatic rings. The van der Waals surface area contributed by atoms with Crippen molar-refractivity contribution in [2.24, 2.45) is 4.99 Å². The molecule has 0 aliphatic carbocycles. The third-order valence-corrected chi connectivity index (χ3v) is 5.09. The number of terminal acetylenes is 1. The van der Waals surface area contributed by atoms with Crippen molar-refractivity contribution in [3.05, 3.63) is 66.9 Å². The highest BCUT2D eigenvalue weighted by atomic mass is 35.5. The van der Waals surface area contributed by atoms with Crippen molar-refractivity contribution in [2.45, 2.75) is 6.54 Å². The molecule has 0 bridgehead atoms. The summed E-state index contributed by atoms with van der Waals surface area (Å²) >= 11 is 13.1. The number of rotatable bonds is 3. The number of benzene rings is 2. The average Bonchev–Trinajstić information content (AvgIpc) is 2.94. The minimum Gasteiger partial charge on any atom is -0.305 e. The molecule has 0 unspecified atom stereocenters. The van der Waals surface area contributed by atoms with Crippen LogP contribution in [0.3, 0.4) is 0 Å². The zero-order chi connectivity index (χ0) is 18.8. The van der Waals surface area contributed by atoms with Gasteiger partial charge in [0.15, 0.2) is 4.80 Å². The summed E-state index contributed by atoms with van der Waals surface area (Å²) in [7, 11) is 0. The molecular weight excluding hydrogens is 397 g/mol. The predicted molar refractivity (Wildman–Crippen MR) is 102 cm³/mol. The van der Waals surface area contributed by atoms with Crippen LogP contribution in [-0.2, 0) is 6.54 Å². The maximum atomic E-state index is 12.5. The molecule has 0 spiro atoms. The van der Waals surface area contributed by atoms with E-state index in [1.54, 1.807) is 16.7 Å². The Balaban J connectivity index is 2.19. The molecule has 0 radical (unpaired) electrons. The maximum absolute atomic E-state index is 12.5. The molecule has 130 valence electrons. The summed E-state index contributed by atoms with van der Waals surface area (Å²) in [5, 5.41) is 11.5. The number of non-ortho nitro benzene ring substituents is 1. The van der Waals surface area contributed by atoms with E-state index in [0.717, 1.165) is 11.3 Å². The third-order valence-electron chi connectivity index (χ3n) is 3.48. The number of hydrogen-bond acceptors (Lipinski definition) is 4. The van der Waals surface area contributed by atoms with E-state index in [-0.39, 0.29) is 22.8 Å². The average molecular weight is 406 g/mol. The van der Waals surface area contributed by atoms with Gasteiger partial charge in [-0.05, 0) is 24.3 Å². The lowest BCUT2D eigenvalue weighted by Crippen LogP contribution is -2.16. The van der Waals surface area contributed by atoms with E-state index in [9.17, 15) is 14.9 Å². The predicted octanol–water partition coefficient (Wildman–Crippen LogP) is 4.29. The van der Waals surface area contributed by atoms with Crippen LogP contribution in [0.1, 0.15) is 10.4 Å². The Bertz CT molecular complexity index is 1160. The Hall–Kier alpha value is -2.66. The summed E-state index contributed by atoms with van der Waals surface area (Å²) in [6, 6.07) is 8.88. The summed E-state index contributed by atoms with van der Waals surface area (Å²) in [6.45, 7) is 0.160. The number of thiazole rings is 1. The Morgan fingerprint density at radius 2 is 2.08 bits per heavy atom. The van der Waals surface area contributed by atoms with Crippen molar-refractivity contribution in [2.75, 3.05) is 0 Å². The largest absolute Gasteiger partial charge is 0.305 e. The summed E-state index contributed by atoms with van der Waals surface area (Å²) in [5.41, 5.74) is 0.763. The number of fused-ring (bicyclic) bond motifs is 1. The van der Waals surface area contributed by atoms with Crippen LogP contribution in [0.4, 0.5) is 5.69 Å².